The summed E-state index contributed by atoms with van der Waals surface area (Å²) in [6, 6.07) is 4.23. The summed E-state index contributed by atoms with van der Waals surface area (Å²) in [6.45, 7) is 0.489. The van der Waals surface area contributed by atoms with E-state index < -0.39 is 18.0 Å². The molecule has 0 saturated carbocycles. The molecule has 4 nitrogen and oxygen atoms in total. The Hall–Kier alpha value is -1.01. The van der Waals surface area contributed by atoms with Crippen molar-refractivity contribution in [3.63, 3.8) is 0 Å². The minimum absolute atomic E-state index is 0.0592. The smallest absolute Gasteiger partial charge is 0.129 e. The fourth-order valence-electron chi connectivity index (χ4n) is 1.48. The van der Waals surface area contributed by atoms with Crippen LogP contribution in [0.3, 0.4) is 0 Å². The van der Waals surface area contributed by atoms with Gasteiger partial charge in [0.2, 0.25) is 0 Å². The van der Waals surface area contributed by atoms with Crippen molar-refractivity contribution in [1.29, 1.82) is 0 Å². The maximum Gasteiger partial charge on any atom is 0.129 e. The number of nitrogens with two attached hydrogens (primary N) is 2. The molecule has 5 heteroatoms. The largest absolute Gasteiger partial charge is 0.390 e. The molecule has 0 aromatic heterocycles. The molecule has 90 valence electrons. The first-order valence-electron chi connectivity index (χ1n) is 5.14. The molecule has 0 fully saturated rings. The van der Waals surface area contributed by atoms with Gasteiger partial charge in [-0.05, 0) is 30.7 Å². The van der Waals surface area contributed by atoms with Crippen LogP contribution in [0.1, 0.15) is 23.7 Å². The van der Waals surface area contributed by atoms with E-state index in [0.29, 0.717) is 5.56 Å². The lowest BCUT2D eigenvalue weighted by molar-refractivity contribution is 0.0129. The zero-order valence-electron chi connectivity index (χ0n) is 8.94. The third-order valence-corrected chi connectivity index (χ3v) is 2.44. The highest BCUT2D eigenvalue weighted by Gasteiger charge is 2.21. The van der Waals surface area contributed by atoms with E-state index in [1.165, 1.54) is 12.1 Å². The third-order valence-electron chi connectivity index (χ3n) is 2.44. The molecule has 0 radical (unpaired) electrons. The summed E-state index contributed by atoms with van der Waals surface area (Å²) in [5, 5.41) is 19.3. The standard InChI is InChI=1S/C11H17FN2O2/c12-9-2-1-7(6-14)5-8(9)11(16)10(15)3-4-13/h1-2,5,10-11,15-16H,3-4,6,13-14H2. The van der Waals surface area contributed by atoms with Gasteiger partial charge in [0, 0.05) is 12.1 Å². The van der Waals surface area contributed by atoms with Gasteiger partial charge in [0.15, 0.2) is 0 Å². The second kappa shape index (κ2) is 5.91. The Balaban J connectivity index is 2.92. The van der Waals surface area contributed by atoms with Gasteiger partial charge in [-0.2, -0.15) is 0 Å². The SMILES string of the molecule is NCCC(O)C(O)c1cc(CN)ccc1F. The topological polar surface area (TPSA) is 92.5 Å². The molecule has 1 rings (SSSR count). The van der Waals surface area contributed by atoms with Crippen LogP contribution in [0.25, 0.3) is 0 Å². The van der Waals surface area contributed by atoms with Crippen molar-refractivity contribution in [2.75, 3.05) is 6.54 Å². The predicted molar refractivity (Wildman–Crippen MR) is 58.9 cm³/mol. The lowest BCUT2D eigenvalue weighted by Gasteiger charge is -2.18. The van der Waals surface area contributed by atoms with Crippen molar-refractivity contribution in [3.05, 3.63) is 35.1 Å². The Kier molecular flexibility index (Phi) is 4.82. The molecule has 0 spiro atoms. The maximum absolute atomic E-state index is 13.4. The van der Waals surface area contributed by atoms with Crippen LogP contribution in [0.4, 0.5) is 4.39 Å². The van der Waals surface area contributed by atoms with Crippen LogP contribution in [0, 0.1) is 5.82 Å². The molecule has 2 atom stereocenters. The van der Waals surface area contributed by atoms with Gasteiger partial charge in [-0.3, -0.25) is 0 Å². The highest BCUT2D eigenvalue weighted by atomic mass is 19.1. The number of benzene rings is 1. The Bertz CT molecular complexity index is 347. The van der Waals surface area contributed by atoms with Crippen LogP contribution in [-0.2, 0) is 6.54 Å². The Labute approximate surface area is 93.7 Å². The van der Waals surface area contributed by atoms with Crippen LogP contribution in [0.5, 0.6) is 0 Å². The first-order valence-corrected chi connectivity index (χ1v) is 5.14. The highest BCUT2D eigenvalue weighted by molar-refractivity contribution is 5.27. The molecule has 16 heavy (non-hydrogen) atoms. The highest BCUT2D eigenvalue weighted by Crippen LogP contribution is 2.22. The fourth-order valence-corrected chi connectivity index (χ4v) is 1.48. The average Bonchev–Trinajstić information content (AvgIpc) is 2.29. The van der Waals surface area contributed by atoms with E-state index >= 15 is 0 Å². The van der Waals surface area contributed by atoms with E-state index in [1.54, 1.807) is 6.07 Å². The molecule has 0 aliphatic heterocycles. The summed E-state index contributed by atoms with van der Waals surface area (Å²) in [4.78, 5) is 0. The first kappa shape index (κ1) is 13.1. The zero-order chi connectivity index (χ0) is 12.1. The summed E-state index contributed by atoms with van der Waals surface area (Å²) in [5.74, 6) is -0.555. The second-order valence-electron chi connectivity index (χ2n) is 3.65. The second-order valence-corrected chi connectivity index (χ2v) is 3.65. The summed E-state index contributed by atoms with van der Waals surface area (Å²) in [6.07, 6.45) is -2.12. The van der Waals surface area contributed by atoms with Gasteiger partial charge in [0.25, 0.3) is 0 Å². The number of hydrogen-bond acceptors (Lipinski definition) is 4. The molecule has 6 N–H and O–H groups in total. The number of rotatable bonds is 5. The first-order chi connectivity index (χ1) is 7.60. The van der Waals surface area contributed by atoms with Crippen molar-refractivity contribution in [1.82, 2.24) is 0 Å². The zero-order valence-corrected chi connectivity index (χ0v) is 8.94. The van der Waals surface area contributed by atoms with Crippen molar-refractivity contribution in [2.45, 2.75) is 25.2 Å². The van der Waals surface area contributed by atoms with Gasteiger partial charge < -0.3 is 21.7 Å². The molecule has 0 aliphatic carbocycles. The minimum Gasteiger partial charge on any atom is -0.390 e. The summed E-state index contributed by atoms with van der Waals surface area (Å²) in [5.41, 5.74) is 11.4. The number of hydrogen-bond donors (Lipinski definition) is 4. The maximum atomic E-state index is 13.4. The molecule has 0 saturated heterocycles. The summed E-state index contributed by atoms with van der Waals surface area (Å²) in [7, 11) is 0. The molecule has 1 aromatic rings. The predicted octanol–water partition coefficient (Wildman–Crippen LogP) is 0.0275. The average molecular weight is 228 g/mol. The monoisotopic (exact) mass is 228 g/mol. The Morgan fingerprint density at radius 1 is 1.25 bits per heavy atom. The van der Waals surface area contributed by atoms with E-state index in [9.17, 15) is 14.6 Å². The number of aliphatic hydroxyl groups excluding tert-OH is 2. The molecule has 0 amide bonds. The van der Waals surface area contributed by atoms with E-state index in [0.717, 1.165) is 0 Å². The molecular weight excluding hydrogens is 211 g/mol. The third kappa shape index (κ3) is 2.99. The normalized spacial score (nSPS) is 14.8. The van der Waals surface area contributed by atoms with Crippen molar-refractivity contribution < 1.29 is 14.6 Å². The number of aliphatic hydroxyl groups is 2. The van der Waals surface area contributed by atoms with E-state index in [1.807, 2.05) is 0 Å². The van der Waals surface area contributed by atoms with Gasteiger partial charge >= 0.3 is 0 Å². The summed E-state index contributed by atoms with van der Waals surface area (Å²) < 4.78 is 13.4. The lowest BCUT2D eigenvalue weighted by Crippen LogP contribution is -2.22. The molecule has 1 aromatic carbocycles. The quantitative estimate of drug-likeness (QED) is 0.572. The molecular formula is C11H17FN2O2. The van der Waals surface area contributed by atoms with Gasteiger partial charge in [-0.25, -0.2) is 4.39 Å². The number of halogens is 1. The van der Waals surface area contributed by atoms with E-state index in [4.69, 9.17) is 11.5 Å². The lowest BCUT2D eigenvalue weighted by atomic mass is 9.99. The van der Waals surface area contributed by atoms with Crippen LogP contribution in [0.15, 0.2) is 18.2 Å². The molecule has 0 heterocycles. The van der Waals surface area contributed by atoms with Crippen molar-refractivity contribution in [2.24, 2.45) is 11.5 Å². The van der Waals surface area contributed by atoms with E-state index in [2.05, 4.69) is 0 Å². The van der Waals surface area contributed by atoms with Crippen LogP contribution >= 0.6 is 0 Å². The minimum atomic E-state index is -1.27. The summed E-state index contributed by atoms with van der Waals surface area (Å²) >= 11 is 0. The van der Waals surface area contributed by atoms with Crippen LogP contribution in [-0.4, -0.2) is 22.9 Å². The molecule has 2 unspecified atom stereocenters. The van der Waals surface area contributed by atoms with Gasteiger partial charge in [-0.1, -0.05) is 6.07 Å². The Morgan fingerprint density at radius 2 is 1.94 bits per heavy atom. The van der Waals surface area contributed by atoms with Crippen molar-refractivity contribution >= 4 is 0 Å². The van der Waals surface area contributed by atoms with Crippen LogP contribution < -0.4 is 11.5 Å². The fraction of sp³-hybridized carbons (Fsp3) is 0.455. The molecule has 0 bridgehead atoms. The van der Waals surface area contributed by atoms with Crippen molar-refractivity contribution in [3.8, 4) is 0 Å². The Morgan fingerprint density at radius 3 is 2.50 bits per heavy atom. The van der Waals surface area contributed by atoms with Gasteiger partial charge in [0.05, 0.1) is 6.10 Å². The van der Waals surface area contributed by atoms with Gasteiger partial charge in [-0.15, -0.1) is 0 Å². The van der Waals surface area contributed by atoms with E-state index in [-0.39, 0.29) is 25.1 Å². The van der Waals surface area contributed by atoms with Gasteiger partial charge in [0.1, 0.15) is 11.9 Å². The molecule has 0 aliphatic rings. The van der Waals surface area contributed by atoms with Crippen LogP contribution in [0.2, 0.25) is 0 Å².